The van der Waals surface area contributed by atoms with E-state index < -0.39 is 18.1 Å². The van der Waals surface area contributed by atoms with Crippen LogP contribution in [0.5, 0.6) is 0 Å². The Labute approximate surface area is 200 Å². The van der Waals surface area contributed by atoms with Crippen molar-refractivity contribution in [3.05, 3.63) is 59.7 Å². The molecule has 1 aliphatic rings. The fourth-order valence-corrected chi connectivity index (χ4v) is 4.42. The van der Waals surface area contributed by atoms with Crippen LogP contribution in [0.15, 0.2) is 48.5 Å². The minimum atomic E-state index is -1.02. The first-order valence-corrected chi connectivity index (χ1v) is 12.1. The second kappa shape index (κ2) is 12.2. The summed E-state index contributed by atoms with van der Waals surface area (Å²) in [4.78, 5) is 36.1. The van der Waals surface area contributed by atoms with Gasteiger partial charge in [-0.25, -0.2) is 9.59 Å². The molecule has 0 spiro atoms. The van der Waals surface area contributed by atoms with E-state index in [4.69, 9.17) is 4.74 Å². The summed E-state index contributed by atoms with van der Waals surface area (Å²) in [5.74, 6) is -1.36. The predicted molar refractivity (Wildman–Crippen MR) is 131 cm³/mol. The molecule has 0 fully saturated rings. The monoisotopic (exact) mass is 466 g/mol. The molecule has 2 aromatic rings. The van der Waals surface area contributed by atoms with Crippen molar-refractivity contribution in [3.8, 4) is 11.1 Å². The second-order valence-electron chi connectivity index (χ2n) is 8.71. The number of carboxylic acids is 1. The van der Waals surface area contributed by atoms with E-state index in [1.807, 2.05) is 38.1 Å². The van der Waals surface area contributed by atoms with Gasteiger partial charge in [-0.15, -0.1) is 0 Å². The van der Waals surface area contributed by atoms with Crippen LogP contribution in [0.4, 0.5) is 4.79 Å². The Kier molecular flexibility index (Phi) is 9.08. The van der Waals surface area contributed by atoms with Gasteiger partial charge in [0, 0.05) is 18.4 Å². The minimum Gasteiger partial charge on any atom is -0.480 e. The van der Waals surface area contributed by atoms with Crippen molar-refractivity contribution in [2.75, 3.05) is 6.61 Å². The Balaban J connectivity index is 1.49. The highest BCUT2D eigenvalue weighted by Gasteiger charge is 2.29. The highest BCUT2D eigenvalue weighted by molar-refractivity contribution is 5.83. The fourth-order valence-electron chi connectivity index (χ4n) is 4.42. The molecular weight excluding hydrogens is 432 g/mol. The van der Waals surface area contributed by atoms with Crippen LogP contribution in [0.3, 0.4) is 0 Å². The number of carboxylic acid groups (broad SMARTS) is 1. The molecule has 0 heterocycles. The fraction of sp³-hybridized carbons (Fsp3) is 0.444. The predicted octanol–water partition coefficient (Wildman–Crippen LogP) is 4.84. The minimum absolute atomic E-state index is 0.0138. The van der Waals surface area contributed by atoms with E-state index >= 15 is 0 Å². The van der Waals surface area contributed by atoms with Gasteiger partial charge < -0.3 is 20.5 Å². The van der Waals surface area contributed by atoms with Gasteiger partial charge in [-0.3, -0.25) is 4.79 Å². The molecule has 0 aromatic heterocycles. The lowest BCUT2D eigenvalue weighted by atomic mass is 9.98. The van der Waals surface area contributed by atoms with E-state index in [2.05, 4.69) is 34.9 Å². The van der Waals surface area contributed by atoms with Gasteiger partial charge in [0.05, 0.1) is 0 Å². The van der Waals surface area contributed by atoms with Crippen molar-refractivity contribution in [3.63, 3.8) is 0 Å². The summed E-state index contributed by atoms with van der Waals surface area (Å²) in [7, 11) is 0. The maximum absolute atomic E-state index is 12.5. The van der Waals surface area contributed by atoms with Gasteiger partial charge in [-0.1, -0.05) is 75.2 Å². The number of hydrogen-bond acceptors (Lipinski definition) is 4. The summed E-state index contributed by atoms with van der Waals surface area (Å²) in [6, 6.07) is 15.2. The van der Waals surface area contributed by atoms with Crippen LogP contribution in [0.25, 0.3) is 11.1 Å². The first-order chi connectivity index (χ1) is 16.4. The summed E-state index contributed by atoms with van der Waals surface area (Å²) in [5.41, 5.74) is 4.64. The van der Waals surface area contributed by atoms with Crippen LogP contribution < -0.4 is 10.6 Å². The van der Waals surface area contributed by atoms with E-state index in [1.165, 1.54) is 11.1 Å². The Hall–Kier alpha value is -3.35. The van der Waals surface area contributed by atoms with Gasteiger partial charge >= 0.3 is 12.1 Å². The third-order valence-electron chi connectivity index (χ3n) is 6.36. The molecular formula is C27H34N2O5. The first kappa shape index (κ1) is 25.3. The first-order valence-electron chi connectivity index (χ1n) is 12.1. The van der Waals surface area contributed by atoms with Crippen LogP contribution >= 0.6 is 0 Å². The van der Waals surface area contributed by atoms with E-state index in [0.717, 1.165) is 24.0 Å². The second-order valence-corrected chi connectivity index (χ2v) is 8.71. The lowest BCUT2D eigenvalue weighted by molar-refractivity contribution is -0.142. The van der Waals surface area contributed by atoms with E-state index in [9.17, 15) is 19.5 Å². The molecule has 182 valence electrons. The van der Waals surface area contributed by atoms with Crippen molar-refractivity contribution in [1.82, 2.24) is 10.6 Å². The maximum Gasteiger partial charge on any atom is 0.407 e. The molecule has 7 heteroatoms. The van der Waals surface area contributed by atoms with Crippen LogP contribution in [0, 0.1) is 0 Å². The average Bonchev–Trinajstić information content (AvgIpc) is 3.16. The molecule has 7 nitrogen and oxygen atoms in total. The number of nitrogens with one attached hydrogen (secondary N) is 2. The molecule has 0 saturated heterocycles. The number of unbranched alkanes of at least 4 members (excludes halogenated alkanes) is 1. The number of amides is 2. The van der Waals surface area contributed by atoms with Gasteiger partial charge in [0.25, 0.3) is 0 Å². The van der Waals surface area contributed by atoms with Crippen LogP contribution in [0.1, 0.15) is 69.4 Å². The molecule has 2 unspecified atom stereocenters. The van der Waals surface area contributed by atoms with Crippen molar-refractivity contribution in [2.24, 2.45) is 0 Å². The number of aliphatic carboxylic acids is 1. The Morgan fingerprint density at radius 1 is 0.941 bits per heavy atom. The highest BCUT2D eigenvalue weighted by Crippen LogP contribution is 2.44. The molecule has 0 saturated carbocycles. The van der Waals surface area contributed by atoms with Gasteiger partial charge in [0.2, 0.25) is 5.91 Å². The maximum atomic E-state index is 12.5. The van der Waals surface area contributed by atoms with Crippen LogP contribution in [-0.4, -0.2) is 41.8 Å². The molecule has 34 heavy (non-hydrogen) atoms. The number of fused-ring (bicyclic) bond motifs is 3. The average molecular weight is 467 g/mol. The van der Waals surface area contributed by atoms with Gasteiger partial charge in [-0.2, -0.15) is 0 Å². The number of benzene rings is 2. The quantitative estimate of drug-likeness (QED) is 0.415. The summed E-state index contributed by atoms with van der Waals surface area (Å²) >= 11 is 0. The zero-order chi connectivity index (χ0) is 24.5. The normalized spacial score (nSPS) is 13.9. The summed E-state index contributed by atoms with van der Waals surface area (Å²) in [6.45, 7) is 4.13. The zero-order valence-corrected chi connectivity index (χ0v) is 19.9. The number of carbonyl (C=O) groups is 3. The Bertz CT molecular complexity index is 961. The van der Waals surface area contributed by atoms with Crippen molar-refractivity contribution in [2.45, 2.75) is 70.4 Å². The Morgan fingerprint density at radius 2 is 1.56 bits per heavy atom. The standard InChI is InChI=1S/C27H34N2O5/c1-3-5-14-24(26(31)32)29-25(30)16-15-18(4-2)28-27(33)34-17-23-21-12-8-6-10-19(21)20-11-7-9-13-22(20)23/h6-13,18,23-24H,3-5,14-17H2,1-2H3,(H,28,33)(H,29,30)(H,31,32). The third kappa shape index (κ3) is 6.37. The smallest absolute Gasteiger partial charge is 0.407 e. The third-order valence-corrected chi connectivity index (χ3v) is 6.36. The number of alkyl carbamates (subject to hydrolysis) is 1. The zero-order valence-electron chi connectivity index (χ0n) is 19.9. The molecule has 3 N–H and O–H groups in total. The van der Waals surface area contributed by atoms with Crippen molar-refractivity contribution in [1.29, 1.82) is 0 Å². The van der Waals surface area contributed by atoms with Gasteiger partial charge in [-0.05, 0) is 41.5 Å². The lowest BCUT2D eigenvalue weighted by Crippen LogP contribution is -2.42. The molecule has 1 aliphatic carbocycles. The van der Waals surface area contributed by atoms with E-state index in [-0.39, 0.29) is 30.9 Å². The van der Waals surface area contributed by atoms with Crippen molar-refractivity contribution >= 4 is 18.0 Å². The molecule has 0 radical (unpaired) electrons. The molecule has 2 atom stereocenters. The van der Waals surface area contributed by atoms with Crippen molar-refractivity contribution < 1.29 is 24.2 Å². The summed E-state index contributed by atoms with van der Waals surface area (Å²) in [6.07, 6.45) is 2.67. The lowest BCUT2D eigenvalue weighted by Gasteiger charge is -2.19. The number of rotatable bonds is 12. The van der Waals surface area contributed by atoms with Crippen LogP contribution in [0.2, 0.25) is 0 Å². The molecule has 3 rings (SSSR count). The molecule has 0 bridgehead atoms. The number of ether oxygens (including phenoxy) is 1. The van der Waals surface area contributed by atoms with Gasteiger partial charge in [0.15, 0.2) is 0 Å². The van der Waals surface area contributed by atoms with Crippen LogP contribution in [-0.2, 0) is 14.3 Å². The largest absolute Gasteiger partial charge is 0.480 e. The molecule has 2 aromatic carbocycles. The Morgan fingerprint density at radius 3 is 2.12 bits per heavy atom. The van der Waals surface area contributed by atoms with E-state index in [1.54, 1.807) is 0 Å². The topological polar surface area (TPSA) is 105 Å². The summed E-state index contributed by atoms with van der Waals surface area (Å²) < 4.78 is 5.59. The molecule has 0 aliphatic heterocycles. The number of hydrogen-bond donors (Lipinski definition) is 3. The van der Waals surface area contributed by atoms with Gasteiger partial charge in [0.1, 0.15) is 12.6 Å². The summed E-state index contributed by atoms with van der Waals surface area (Å²) in [5, 5.41) is 14.7. The van der Waals surface area contributed by atoms with E-state index in [0.29, 0.717) is 19.3 Å². The highest BCUT2D eigenvalue weighted by atomic mass is 16.5. The molecule has 2 amide bonds. The SMILES string of the molecule is CCCCC(NC(=O)CCC(CC)NC(=O)OCC1c2ccccc2-c2ccccc21)C(=O)O. The number of carbonyl (C=O) groups excluding carboxylic acids is 2.